The molecule has 2 rings (SSSR count). The van der Waals surface area contributed by atoms with Crippen LogP contribution in [0.5, 0.6) is 0 Å². The molecule has 80 valence electrons. The highest BCUT2D eigenvalue weighted by atomic mass is 16.2. The van der Waals surface area contributed by atoms with Gasteiger partial charge in [-0.25, -0.2) is 0 Å². The summed E-state index contributed by atoms with van der Waals surface area (Å²) in [4.78, 5) is 29.6. The number of hydrogen-bond acceptors (Lipinski definition) is 3. The van der Waals surface area contributed by atoms with Gasteiger partial charge in [-0.15, -0.1) is 0 Å². The standard InChI is InChI=1S/C11H9N3O2/c15-10(9-4-2-6-13-9)11(16)14-8-3-1-5-12-7-8/h1-7,13H,(H,14,16). The minimum Gasteiger partial charge on any atom is -0.358 e. The lowest BCUT2D eigenvalue weighted by atomic mass is 10.2. The highest BCUT2D eigenvalue weighted by molar-refractivity contribution is 6.46. The lowest BCUT2D eigenvalue weighted by Gasteiger charge is -2.01. The van der Waals surface area contributed by atoms with Gasteiger partial charge in [0.2, 0.25) is 0 Å². The molecule has 5 heteroatoms. The quantitative estimate of drug-likeness (QED) is 0.597. The predicted molar refractivity (Wildman–Crippen MR) is 58.0 cm³/mol. The maximum absolute atomic E-state index is 11.5. The summed E-state index contributed by atoms with van der Waals surface area (Å²) in [7, 11) is 0. The molecule has 2 aromatic heterocycles. The van der Waals surface area contributed by atoms with Gasteiger partial charge in [0.15, 0.2) is 0 Å². The first-order chi connectivity index (χ1) is 7.77. The Morgan fingerprint density at radius 3 is 2.75 bits per heavy atom. The zero-order valence-corrected chi connectivity index (χ0v) is 8.31. The van der Waals surface area contributed by atoms with Crippen molar-refractivity contribution in [2.24, 2.45) is 0 Å². The molecule has 2 N–H and O–H groups in total. The van der Waals surface area contributed by atoms with E-state index in [0.29, 0.717) is 5.69 Å². The number of Topliss-reactive ketones (excluding diaryl/α,β-unsaturated/α-hetero) is 1. The lowest BCUT2D eigenvalue weighted by Crippen LogP contribution is -2.23. The van der Waals surface area contributed by atoms with Gasteiger partial charge < -0.3 is 10.3 Å². The third kappa shape index (κ3) is 2.14. The van der Waals surface area contributed by atoms with Gasteiger partial charge in [0.05, 0.1) is 17.6 Å². The first-order valence-electron chi connectivity index (χ1n) is 4.66. The van der Waals surface area contributed by atoms with E-state index in [9.17, 15) is 9.59 Å². The van der Waals surface area contributed by atoms with Crippen LogP contribution in [0.25, 0.3) is 0 Å². The molecule has 0 aliphatic rings. The van der Waals surface area contributed by atoms with Gasteiger partial charge >= 0.3 is 0 Å². The Balaban J connectivity index is 2.07. The number of nitrogens with one attached hydrogen (secondary N) is 2. The van der Waals surface area contributed by atoms with Crippen LogP contribution in [0.1, 0.15) is 10.5 Å². The number of pyridine rings is 1. The van der Waals surface area contributed by atoms with Crippen LogP contribution in [-0.2, 0) is 4.79 Å². The fourth-order valence-corrected chi connectivity index (χ4v) is 1.22. The number of H-pyrrole nitrogens is 1. The van der Waals surface area contributed by atoms with E-state index in [4.69, 9.17) is 0 Å². The van der Waals surface area contributed by atoms with Crippen LogP contribution in [0.15, 0.2) is 42.9 Å². The molecule has 0 fully saturated rings. The molecule has 0 spiro atoms. The summed E-state index contributed by atoms with van der Waals surface area (Å²) < 4.78 is 0. The minimum absolute atomic E-state index is 0.265. The summed E-state index contributed by atoms with van der Waals surface area (Å²) >= 11 is 0. The van der Waals surface area contributed by atoms with Crippen LogP contribution in [0.2, 0.25) is 0 Å². The van der Waals surface area contributed by atoms with Crippen molar-refractivity contribution in [3.8, 4) is 0 Å². The first-order valence-corrected chi connectivity index (χ1v) is 4.66. The number of rotatable bonds is 3. The number of aromatic amines is 1. The van der Waals surface area contributed by atoms with Gasteiger partial charge in [-0.2, -0.15) is 0 Å². The van der Waals surface area contributed by atoms with E-state index in [1.807, 2.05) is 0 Å². The summed E-state index contributed by atoms with van der Waals surface area (Å²) in [5, 5.41) is 2.46. The second kappa shape index (κ2) is 4.39. The predicted octanol–water partition coefficient (Wildman–Crippen LogP) is 1.23. The van der Waals surface area contributed by atoms with Gasteiger partial charge in [-0.1, -0.05) is 0 Å². The highest BCUT2D eigenvalue weighted by Crippen LogP contribution is 2.04. The lowest BCUT2D eigenvalue weighted by molar-refractivity contribution is -0.112. The monoisotopic (exact) mass is 215 g/mol. The Morgan fingerprint density at radius 1 is 1.25 bits per heavy atom. The molecule has 0 bridgehead atoms. The van der Waals surface area contributed by atoms with Crippen molar-refractivity contribution in [3.63, 3.8) is 0 Å². The molecule has 0 aliphatic carbocycles. The number of carbonyl (C=O) groups excluding carboxylic acids is 2. The number of amides is 1. The van der Waals surface area contributed by atoms with Crippen LogP contribution in [0, 0.1) is 0 Å². The Hall–Kier alpha value is -2.43. The van der Waals surface area contributed by atoms with Crippen molar-refractivity contribution in [2.75, 3.05) is 5.32 Å². The molecule has 0 radical (unpaired) electrons. The molecular weight excluding hydrogens is 206 g/mol. The maximum Gasteiger partial charge on any atom is 0.298 e. The topological polar surface area (TPSA) is 74.8 Å². The molecule has 0 unspecified atom stereocenters. The Labute approximate surface area is 91.5 Å². The maximum atomic E-state index is 11.5. The number of ketones is 1. The van der Waals surface area contributed by atoms with Crippen LogP contribution >= 0.6 is 0 Å². The average Bonchev–Trinajstić information content (AvgIpc) is 2.83. The molecule has 2 heterocycles. The Bertz CT molecular complexity index is 491. The zero-order chi connectivity index (χ0) is 11.4. The normalized spacial score (nSPS) is 9.75. The van der Waals surface area contributed by atoms with E-state index in [1.54, 1.807) is 36.7 Å². The number of carbonyl (C=O) groups is 2. The third-order valence-corrected chi connectivity index (χ3v) is 1.97. The van der Waals surface area contributed by atoms with Gasteiger partial charge in [0, 0.05) is 12.4 Å². The Kier molecular flexibility index (Phi) is 2.77. The molecule has 2 aromatic rings. The van der Waals surface area contributed by atoms with Gasteiger partial charge in [-0.3, -0.25) is 14.6 Å². The average molecular weight is 215 g/mol. The second-order valence-electron chi connectivity index (χ2n) is 3.11. The molecule has 0 aliphatic heterocycles. The largest absolute Gasteiger partial charge is 0.358 e. The van der Waals surface area contributed by atoms with Crippen LogP contribution in [-0.4, -0.2) is 21.7 Å². The van der Waals surface area contributed by atoms with E-state index >= 15 is 0 Å². The van der Waals surface area contributed by atoms with Crippen LogP contribution in [0.4, 0.5) is 5.69 Å². The van der Waals surface area contributed by atoms with Crippen LogP contribution < -0.4 is 5.32 Å². The number of aromatic nitrogens is 2. The van der Waals surface area contributed by atoms with E-state index in [1.165, 1.54) is 6.20 Å². The van der Waals surface area contributed by atoms with Gasteiger partial charge in [0.25, 0.3) is 11.7 Å². The molecule has 0 saturated heterocycles. The summed E-state index contributed by atoms with van der Waals surface area (Å²) in [6.07, 6.45) is 4.65. The van der Waals surface area contributed by atoms with E-state index in [-0.39, 0.29) is 5.69 Å². The SMILES string of the molecule is O=C(Nc1cccnc1)C(=O)c1ccc[nH]1. The fourth-order valence-electron chi connectivity index (χ4n) is 1.22. The summed E-state index contributed by atoms with van der Waals surface area (Å²) in [6.45, 7) is 0. The first kappa shape index (κ1) is 10.1. The highest BCUT2D eigenvalue weighted by Gasteiger charge is 2.16. The van der Waals surface area contributed by atoms with Gasteiger partial charge in [-0.05, 0) is 24.3 Å². The molecule has 16 heavy (non-hydrogen) atoms. The minimum atomic E-state index is -0.685. The van der Waals surface area contributed by atoms with Crippen molar-refractivity contribution < 1.29 is 9.59 Å². The Morgan fingerprint density at radius 2 is 2.12 bits per heavy atom. The van der Waals surface area contributed by atoms with Crippen molar-refractivity contribution in [2.45, 2.75) is 0 Å². The molecule has 0 atom stereocenters. The van der Waals surface area contributed by atoms with Crippen molar-refractivity contribution in [1.82, 2.24) is 9.97 Å². The molecule has 5 nitrogen and oxygen atoms in total. The summed E-state index contributed by atoms with van der Waals surface area (Å²) in [5.74, 6) is -1.29. The number of hydrogen-bond donors (Lipinski definition) is 2. The van der Waals surface area contributed by atoms with E-state index in [2.05, 4.69) is 15.3 Å². The molecule has 0 saturated carbocycles. The smallest absolute Gasteiger partial charge is 0.298 e. The van der Waals surface area contributed by atoms with Crippen molar-refractivity contribution in [3.05, 3.63) is 48.5 Å². The third-order valence-electron chi connectivity index (χ3n) is 1.97. The van der Waals surface area contributed by atoms with E-state index < -0.39 is 11.7 Å². The summed E-state index contributed by atoms with van der Waals surface area (Å²) in [5.41, 5.74) is 0.758. The van der Waals surface area contributed by atoms with Gasteiger partial charge in [0.1, 0.15) is 0 Å². The molecule has 1 amide bonds. The van der Waals surface area contributed by atoms with Crippen LogP contribution in [0.3, 0.4) is 0 Å². The molecule has 0 aromatic carbocycles. The van der Waals surface area contributed by atoms with E-state index in [0.717, 1.165) is 0 Å². The molecular formula is C11H9N3O2. The van der Waals surface area contributed by atoms with Crippen molar-refractivity contribution in [1.29, 1.82) is 0 Å². The fraction of sp³-hybridized carbons (Fsp3) is 0. The second-order valence-corrected chi connectivity index (χ2v) is 3.11. The number of anilines is 1. The number of nitrogens with zero attached hydrogens (tertiary/aromatic N) is 1. The zero-order valence-electron chi connectivity index (χ0n) is 8.31. The summed E-state index contributed by atoms with van der Waals surface area (Å²) in [6, 6.07) is 6.54. The van der Waals surface area contributed by atoms with Crippen molar-refractivity contribution >= 4 is 17.4 Å².